The lowest BCUT2D eigenvalue weighted by Gasteiger charge is -2.06. The lowest BCUT2D eigenvalue weighted by Crippen LogP contribution is -2.10. The molecule has 0 amide bonds. The van der Waals surface area contributed by atoms with Crippen LogP contribution < -0.4 is 0 Å². The lowest BCUT2D eigenvalue weighted by molar-refractivity contribution is 0.0860. The van der Waals surface area contributed by atoms with Crippen LogP contribution in [0.25, 0.3) is 0 Å². The second-order valence-corrected chi connectivity index (χ2v) is 4.10. The highest BCUT2D eigenvalue weighted by molar-refractivity contribution is 4.53. The van der Waals surface area contributed by atoms with Gasteiger partial charge in [-0.1, -0.05) is 58.3 Å². The molecule has 0 bridgehead atoms. The summed E-state index contributed by atoms with van der Waals surface area (Å²) < 4.78 is 0. The average Bonchev–Trinajstić information content (AvgIpc) is 2.21. The zero-order chi connectivity index (χ0) is 10.6. The van der Waals surface area contributed by atoms with Gasteiger partial charge in [-0.25, -0.2) is 0 Å². The molecule has 1 atom stereocenters. The van der Waals surface area contributed by atoms with Gasteiger partial charge < -0.3 is 10.2 Å². The van der Waals surface area contributed by atoms with Crippen molar-refractivity contribution < 1.29 is 14.9 Å². The Morgan fingerprint density at radius 2 is 1.33 bits per heavy atom. The molecule has 0 saturated carbocycles. The summed E-state index contributed by atoms with van der Waals surface area (Å²) in [6.45, 7) is 2.15. The highest BCUT2D eigenvalue weighted by atomic mass is 19.0. The van der Waals surface area contributed by atoms with Crippen LogP contribution in [-0.2, 0) is 0 Å². The van der Waals surface area contributed by atoms with E-state index in [0.717, 1.165) is 12.8 Å². The summed E-state index contributed by atoms with van der Waals surface area (Å²) in [4.78, 5) is 0. The van der Waals surface area contributed by atoms with Crippen LogP contribution in [0.15, 0.2) is 0 Å². The van der Waals surface area contributed by atoms with Crippen molar-refractivity contribution in [3.05, 3.63) is 0 Å². The van der Waals surface area contributed by atoms with E-state index in [9.17, 15) is 0 Å². The first-order valence-electron chi connectivity index (χ1n) is 6.10. The van der Waals surface area contributed by atoms with Crippen LogP contribution in [0.1, 0.15) is 64.7 Å². The summed E-state index contributed by atoms with van der Waals surface area (Å²) in [5, 5.41) is 17.7. The minimum atomic E-state index is -0.491. The number of unbranched alkanes of at least 4 members (excludes halogenated alkanes) is 7. The Morgan fingerprint density at radius 3 is 1.80 bits per heavy atom. The van der Waals surface area contributed by atoms with Crippen LogP contribution >= 0.6 is 0 Å². The molecule has 0 aromatic heterocycles. The van der Waals surface area contributed by atoms with Crippen molar-refractivity contribution in [3.63, 3.8) is 0 Å². The monoisotopic (exact) mass is 222 g/mol. The minimum absolute atomic E-state index is 0. The molecule has 0 heterocycles. The summed E-state index contributed by atoms with van der Waals surface area (Å²) in [6.07, 6.45) is 10.5. The Labute approximate surface area is 93.1 Å². The van der Waals surface area contributed by atoms with E-state index >= 15 is 0 Å². The van der Waals surface area contributed by atoms with Crippen LogP contribution in [0.2, 0.25) is 0 Å². The fraction of sp³-hybridized carbons (Fsp3) is 1.00. The van der Waals surface area contributed by atoms with Crippen molar-refractivity contribution in [3.8, 4) is 0 Å². The van der Waals surface area contributed by atoms with Crippen LogP contribution in [-0.4, -0.2) is 22.9 Å². The summed E-state index contributed by atoms with van der Waals surface area (Å²) in [5.74, 6) is 0. The normalized spacial score (nSPS) is 12.2. The maximum atomic E-state index is 9.08. The molecular formula is C12H27FO2. The van der Waals surface area contributed by atoms with Gasteiger partial charge in [0.05, 0.1) is 12.7 Å². The van der Waals surface area contributed by atoms with Gasteiger partial charge in [0.2, 0.25) is 0 Å². The van der Waals surface area contributed by atoms with E-state index < -0.39 is 6.10 Å². The molecule has 0 rings (SSSR count). The van der Waals surface area contributed by atoms with E-state index in [0.29, 0.717) is 0 Å². The van der Waals surface area contributed by atoms with Gasteiger partial charge in [0.25, 0.3) is 0 Å². The van der Waals surface area contributed by atoms with Crippen LogP contribution in [0.3, 0.4) is 0 Å². The quantitative estimate of drug-likeness (QED) is 0.558. The van der Waals surface area contributed by atoms with E-state index in [4.69, 9.17) is 10.2 Å². The first-order valence-corrected chi connectivity index (χ1v) is 6.10. The van der Waals surface area contributed by atoms with Crippen LogP contribution in [0, 0.1) is 0 Å². The van der Waals surface area contributed by atoms with Gasteiger partial charge in [-0.2, -0.15) is 0 Å². The van der Waals surface area contributed by atoms with Gasteiger partial charge in [-0.15, -0.1) is 0 Å². The first kappa shape index (κ1) is 17.3. The van der Waals surface area contributed by atoms with E-state index in [-0.39, 0.29) is 11.3 Å². The second-order valence-electron chi connectivity index (χ2n) is 4.10. The maximum absolute atomic E-state index is 9.08. The highest BCUT2D eigenvalue weighted by Gasteiger charge is 2.00. The third-order valence-electron chi connectivity index (χ3n) is 2.60. The molecule has 0 radical (unpaired) electrons. The van der Waals surface area contributed by atoms with Crippen molar-refractivity contribution in [1.29, 1.82) is 0 Å². The summed E-state index contributed by atoms with van der Waals surface area (Å²) in [6, 6.07) is 0. The zero-order valence-electron chi connectivity index (χ0n) is 9.95. The number of hydrogen-bond acceptors (Lipinski definition) is 2. The van der Waals surface area contributed by atoms with E-state index in [1.165, 1.54) is 44.9 Å². The molecule has 0 spiro atoms. The molecule has 1 unspecified atom stereocenters. The van der Waals surface area contributed by atoms with Gasteiger partial charge in [-0.05, 0) is 6.42 Å². The van der Waals surface area contributed by atoms with Gasteiger partial charge in [0.15, 0.2) is 0 Å². The molecule has 0 aliphatic heterocycles. The second kappa shape index (κ2) is 13.8. The van der Waals surface area contributed by atoms with E-state index in [1.807, 2.05) is 0 Å². The molecule has 2 nitrogen and oxygen atoms in total. The molecule has 0 aromatic carbocycles. The maximum Gasteiger partial charge on any atom is 0.0770 e. The standard InChI is InChI=1S/C12H26O2.FH/c1-2-3-4-5-6-7-8-9-10-12(14)11-13;/h12-14H,2-11H2,1H3;1H. The molecular weight excluding hydrogens is 195 g/mol. The third-order valence-corrected chi connectivity index (χ3v) is 2.60. The Bertz CT molecular complexity index is 110. The lowest BCUT2D eigenvalue weighted by atomic mass is 10.1. The predicted octanol–water partition coefficient (Wildman–Crippen LogP) is 3.02. The zero-order valence-corrected chi connectivity index (χ0v) is 9.95. The van der Waals surface area contributed by atoms with Crippen molar-refractivity contribution in [1.82, 2.24) is 0 Å². The van der Waals surface area contributed by atoms with Gasteiger partial charge in [-0.3, -0.25) is 4.70 Å². The fourth-order valence-electron chi connectivity index (χ4n) is 1.61. The van der Waals surface area contributed by atoms with E-state index in [2.05, 4.69) is 6.92 Å². The molecule has 0 aliphatic carbocycles. The van der Waals surface area contributed by atoms with Crippen molar-refractivity contribution in [2.75, 3.05) is 6.61 Å². The van der Waals surface area contributed by atoms with Gasteiger partial charge >= 0.3 is 0 Å². The van der Waals surface area contributed by atoms with Crippen molar-refractivity contribution in [2.45, 2.75) is 70.8 Å². The smallest absolute Gasteiger partial charge is 0.0770 e. The summed E-state index contributed by atoms with van der Waals surface area (Å²) in [7, 11) is 0. The summed E-state index contributed by atoms with van der Waals surface area (Å²) >= 11 is 0. The minimum Gasteiger partial charge on any atom is -0.394 e. The number of rotatable bonds is 10. The fourth-order valence-corrected chi connectivity index (χ4v) is 1.61. The molecule has 3 heteroatoms. The molecule has 15 heavy (non-hydrogen) atoms. The Morgan fingerprint density at radius 1 is 0.867 bits per heavy atom. The Kier molecular flexibility index (Phi) is 15.9. The molecule has 0 saturated heterocycles. The van der Waals surface area contributed by atoms with Gasteiger partial charge in [0, 0.05) is 0 Å². The van der Waals surface area contributed by atoms with Crippen molar-refractivity contribution >= 4 is 0 Å². The number of aliphatic hydroxyl groups is 2. The van der Waals surface area contributed by atoms with E-state index in [1.54, 1.807) is 0 Å². The summed E-state index contributed by atoms with van der Waals surface area (Å²) in [5.41, 5.74) is 0. The topological polar surface area (TPSA) is 40.5 Å². The Balaban J connectivity index is 0. The number of halogens is 1. The average molecular weight is 222 g/mol. The largest absolute Gasteiger partial charge is 0.394 e. The SMILES string of the molecule is CCCCCCCCCCC(O)CO.F. The molecule has 0 aromatic rings. The Hall–Kier alpha value is -0.150. The molecule has 94 valence electrons. The van der Waals surface area contributed by atoms with Crippen LogP contribution in [0.4, 0.5) is 4.70 Å². The predicted molar refractivity (Wildman–Crippen MR) is 62.8 cm³/mol. The molecule has 0 fully saturated rings. The number of aliphatic hydroxyl groups excluding tert-OH is 2. The number of hydrogen-bond donors (Lipinski definition) is 2. The highest BCUT2D eigenvalue weighted by Crippen LogP contribution is 2.10. The third kappa shape index (κ3) is 13.9. The molecule has 0 aliphatic rings. The first-order chi connectivity index (χ1) is 6.81. The van der Waals surface area contributed by atoms with Crippen molar-refractivity contribution in [2.24, 2.45) is 0 Å². The molecule has 2 N–H and O–H groups in total. The van der Waals surface area contributed by atoms with Gasteiger partial charge in [0.1, 0.15) is 0 Å². The van der Waals surface area contributed by atoms with Crippen LogP contribution in [0.5, 0.6) is 0 Å².